The Morgan fingerprint density at radius 2 is 1.54 bits per heavy atom. The maximum absolute atomic E-state index is 11.2. The van der Waals surface area contributed by atoms with Crippen molar-refractivity contribution in [1.29, 1.82) is 0 Å². The quantitative estimate of drug-likeness (QED) is 0.406. The molecule has 0 radical (unpaired) electrons. The highest BCUT2D eigenvalue weighted by Gasteiger charge is 2.15. The van der Waals surface area contributed by atoms with Gasteiger partial charge in [-0.25, -0.2) is 0 Å². The van der Waals surface area contributed by atoms with Gasteiger partial charge in [-0.3, -0.25) is 10.1 Å². The Hall–Kier alpha value is -3.40. The van der Waals surface area contributed by atoms with E-state index in [4.69, 9.17) is 0 Å². The zero-order valence-electron chi connectivity index (χ0n) is 12.8. The van der Waals surface area contributed by atoms with Crippen molar-refractivity contribution in [2.75, 3.05) is 0 Å². The smallest absolute Gasteiger partial charge is 0.277 e. The van der Waals surface area contributed by atoms with Gasteiger partial charge in [0.15, 0.2) is 0 Å². The molecular formula is C20H14N2O2. The van der Waals surface area contributed by atoms with Gasteiger partial charge in [0.1, 0.15) is 0 Å². The van der Waals surface area contributed by atoms with Crippen molar-refractivity contribution < 1.29 is 4.92 Å². The van der Waals surface area contributed by atoms with Gasteiger partial charge in [-0.05, 0) is 23.3 Å². The molecule has 0 unspecified atom stereocenters. The number of aromatic nitrogens is 1. The molecule has 0 bridgehead atoms. The second kappa shape index (κ2) is 5.66. The first-order valence-electron chi connectivity index (χ1n) is 7.64. The van der Waals surface area contributed by atoms with E-state index < -0.39 is 0 Å². The molecule has 0 aliphatic rings. The highest BCUT2D eigenvalue weighted by atomic mass is 16.6. The van der Waals surface area contributed by atoms with Gasteiger partial charge in [0.25, 0.3) is 5.69 Å². The molecule has 0 saturated heterocycles. The SMILES string of the molecule is O=[N+]([O-])c1ccccc1-c1ccc2c(-c3ccccc3)c[nH]c2c1. The van der Waals surface area contributed by atoms with Gasteiger partial charge in [-0.1, -0.05) is 54.6 Å². The minimum Gasteiger partial charge on any atom is -0.361 e. The summed E-state index contributed by atoms with van der Waals surface area (Å²) in [4.78, 5) is 14.2. The van der Waals surface area contributed by atoms with Gasteiger partial charge in [0, 0.05) is 28.7 Å². The molecule has 0 fully saturated rings. The van der Waals surface area contributed by atoms with Crippen LogP contribution in [0.15, 0.2) is 79.0 Å². The van der Waals surface area contributed by atoms with Crippen LogP contribution < -0.4 is 0 Å². The van der Waals surface area contributed by atoms with E-state index in [0.717, 1.165) is 27.6 Å². The molecule has 4 heteroatoms. The molecule has 4 rings (SSSR count). The third-order valence-corrected chi connectivity index (χ3v) is 4.18. The Morgan fingerprint density at radius 3 is 2.33 bits per heavy atom. The predicted molar refractivity (Wildman–Crippen MR) is 95.8 cm³/mol. The van der Waals surface area contributed by atoms with Crippen LogP contribution in [0.2, 0.25) is 0 Å². The summed E-state index contributed by atoms with van der Waals surface area (Å²) in [6.45, 7) is 0. The van der Waals surface area contributed by atoms with Crippen LogP contribution in [0.5, 0.6) is 0 Å². The fourth-order valence-corrected chi connectivity index (χ4v) is 3.03. The molecule has 0 spiro atoms. The number of hydrogen-bond donors (Lipinski definition) is 1. The number of nitrogens with zero attached hydrogens (tertiary/aromatic N) is 1. The largest absolute Gasteiger partial charge is 0.361 e. The number of nitro benzene ring substituents is 1. The fraction of sp³-hybridized carbons (Fsp3) is 0. The van der Waals surface area contributed by atoms with Crippen molar-refractivity contribution in [1.82, 2.24) is 4.98 Å². The Kier molecular flexibility index (Phi) is 3.35. The average molecular weight is 314 g/mol. The summed E-state index contributed by atoms with van der Waals surface area (Å²) in [5.41, 5.74) is 4.80. The number of rotatable bonds is 3. The Morgan fingerprint density at radius 1 is 0.792 bits per heavy atom. The lowest BCUT2D eigenvalue weighted by Crippen LogP contribution is -1.91. The zero-order valence-corrected chi connectivity index (χ0v) is 12.8. The maximum Gasteiger partial charge on any atom is 0.277 e. The van der Waals surface area contributed by atoms with Gasteiger partial charge in [-0.2, -0.15) is 0 Å². The van der Waals surface area contributed by atoms with E-state index >= 15 is 0 Å². The summed E-state index contributed by atoms with van der Waals surface area (Å²) in [5, 5.41) is 12.3. The number of aromatic amines is 1. The zero-order chi connectivity index (χ0) is 16.5. The van der Waals surface area contributed by atoms with Crippen molar-refractivity contribution >= 4 is 16.6 Å². The molecule has 0 saturated carbocycles. The van der Waals surface area contributed by atoms with Crippen LogP contribution in [0.3, 0.4) is 0 Å². The number of H-pyrrole nitrogens is 1. The number of hydrogen-bond acceptors (Lipinski definition) is 2. The summed E-state index contributed by atoms with van der Waals surface area (Å²) in [6, 6.07) is 22.9. The van der Waals surface area contributed by atoms with Crippen LogP contribution in [0.4, 0.5) is 5.69 Å². The van der Waals surface area contributed by atoms with Gasteiger partial charge >= 0.3 is 0 Å². The number of nitro groups is 1. The lowest BCUT2D eigenvalue weighted by Gasteiger charge is -2.04. The summed E-state index contributed by atoms with van der Waals surface area (Å²) in [7, 11) is 0. The monoisotopic (exact) mass is 314 g/mol. The summed E-state index contributed by atoms with van der Waals surface area (Å²) in [6.07, 6.45) is 1.98. The minimum atomic E-state index is -0.344. The van der Waals surface area contributed by atoms with Gasteiger partial charge < -0.3 is 4.98 Å². The molecular weight excluding hydrogens is 300 g/mol. The third-order valence-electron chi connectivity index (χ3n) is 4.18. The van der Waals surface area contributed by atoms with E-state index in [1.807, 2.05) is 48.7 Å². The summed E-state index contributed by atoms with van der Waals surface area (Å²) >= 11 is 0. The summed E-state index contributed by atoms with van der Waals surface area (Å²) < 4.78 is 0. The third kappa shape index (κ3) is 2.34. The molecule has 4 aromatic rings. The van der Waals surface area contributed by atoms with Crippen LogP contribution >= 0.6 is 0 Å². The molecule has 24 heavy (non-hydrogen) atoms. The topological polar surface area (TPSA) is 58.9 Å². The predicted octanol–water partition coefficient (Wildman–Crippen LogP) is 5.41. The van der Waals surface area contributed by atoms with Crippen LogP contribution in [0.1, 0.15) is 0 Å². The van der Waals surface area contributed by atoms with E-state index in [2.05, 4.69) is 17.1 Å². The molecule has 0 atom stereocenters. The standard InChI is InChI=1S/C20H14N2O2/c23-22(24)20-9-5-4-8-16(20)15-10-11-17-18(13-21-19(17)12-15)14-6-2-1-3-7-14/h1-13,21H. The van der Waals surface area contributed by atoms with E-state index in [9.17, 15) is 10.1 Å². The second-order valence-corrected chi connectivity index (χ2v) is 5.60. The summed E-state index contributed by atoms with van der Waals surface area (Å²) in [5.74, 6) is 0. The normalized spacial score (nSPS) is 10.8. The Labute approximate surface area is 138 Å². The lowest BCUT2D eigenvalue weighted by atomic mass is 10.00. The fourth-order valence-electron chi connectivity index (χ4n) is 3.03. The van der Waals surface area contributed by atoms with Gasteiger partial charge in [-0.15, -0.1) is 0 Å². The number of para-hydroxylation sites is 1. The van der Waals surface area contributed by atoms with Crippen LogP contribution in [0.25, 0.3) is 33.2 Å². The molecule has 1 aromatic heterocycles. The average Bonchev–Trinajstić information content (AvgIpc) is 3.05. The number of fused-ring (bicyclic) bond motifs is 1. The van der Waals surface area contributed by atoms with E-state index in [1.165, 1.54) is 6.07 Å². The molecule has 0 aliphatic carbocycles. The molecule has 1 heterocycles. The van der Waals surface area contributed by atoms with Crippen LogP contribution in [0, 0.1) is 10.1 Å². The highest BCUT2D eigenvalue weighted by Crippen LogP contribution is 2.34. The molecule has 4 nitrogen and oxygen atoms in total. The number of benzene rings is 3. The van der Waals surface area contributed by atoms with Crippen molar-refractivity contribution in [3.8, 4) is 22.3 Å². The minimum absolute atomic E-state index is 0.117. The lowest BCUT2D eigenvalue weighted by molar-refractivity contribution is -0.384. The van der Waals surface area contributed by atoms with Crippen molar-refractivity contribution in [3.63, 3.8) is 0 Å². The van der Waals surface area contributed by atoms with Crippen LogP contribution in [-0.4, -0.2) is 9.91 Å². The van der Waals surface area contributed by atoms with Crippen molar-refractivity contribution in [3.05, 3.63) is 89.1 Å². The van der Waals surface area contributed by atoms with Gasteiger partial charge in [0.2, 0.25) is 0 Å². The van der Waals surface area contributed by atoms with Crippen LogP contribution in [-0.2, 0) is 0 Å². The first-order chi connectivity index (χ1) is 11.7. The van der Waals surface area contributed by atoms with Crippen molar-refractivity contribution in [2.24, 2.45) is 0 Å². The van der Waals surface area contributed by atoms with Gasteiger partial charge in [0.05, 0.1) is 10.5 Å². The van der Waals surface area contributed by atoms with E-state index in [-0.39, 0.29) is 10.6 Å². The molecule has 0 amide bonds. The maximum atomic E-state index is 11.2. The molecule has 0 aliphatic heterocycles. The first kappa shape index (κ1) is 14.2. The van der Waals surface area contributed by atoms with E-state index in [0.29, 0.717) is 5.56 Å². The van der Waals surface area contributed by atoms with Crippen molar-refractivity contribution in [2.45, 2.75) is 0 Å². The highest BCUT2D eigenvalue weighted by molar-refractivity contribution is 5.98. The van der Waals surface area contributed by atoms with E-state index in [1.54, 1.807) is 12.1 Å². The number of nitrogens with one attached hydrogen (secondary N) is 1. The second-order valence-electron chi connectivity index (χ2n) is 5.60. The first-order valence-corrected chi connectivity index (χ1v) is 7.64. The molecule has 116 valence electrons. The molecule has 1 N–H and O–H groups in total. The Balaban J connectivity index is 1.86. The Bertz CT molecular complexity index is 1040. The molecule has 3 aromatic carbocycles.